The van der Waals surface area contributed by atoms with E-state index < -0.39 is 5.54 Å². The van der Waals surface area contributed by atoms with Gasteiger partial charge in [0, 0.05) is 58.2 Å². The number of benzene rings is 1. The molecule has 2 aliphatic carbocycles. The van der Waals surface area contributed by atoms with Crippen LogP contribution in [0.2, 0.25) is 0 Å². The molecule has 7 nitrogen and oxygen atoms in total. The van der Waals surface area contributed by atoms with Crippen LogP contribution in [-0.4, -0.2) is 88.8 Å². The van der Waals surface area contributed by atoms with E-state index in [0.29, 0.717) is 36.6 Å². The Balaban J connectivity index is 1.14. The fourth-order valence-corrected chi connectivity index (χ4v) is 7.14. The van der Waals surface area contributed by atoms with Gasteiger partial charge in [-0.05, 0) is 67.3 Å². The Hall–Kier alpha value is -2.41. The summed E-state index contributed by atoms with van der Waals surface area (Å²) < 4.78 is 0. The van der Waals surface area contributed by atoms with Gasteiger partial charge in [0.2, 0.25) is 5.91 Å². The average molecular weight is 535 g/mol. The smallest absolute Gasteiger partial charge is 0.327 e. The van der Waals surface area contributed by atoms with Crippen LogP contribution in [0.5, 0.6) is 0 Å². The molecule has 3 aliphatic heterocycles. The molecule has 0 bridgehead atoms. The number of carbonyl (C=O) groups excluding carboxylic acids is 3. The number of carbonyl (C=O) groups is 3. The molecule has 1 aromatic rings. The fourth-order valence-electron chi connectivity index (χ4n) is 7.14. The predicted molar refractivity (Wildman–Crippen MR) is 151 cm³/mol. The fraction of sp³-hybridized carbons (Fsp3) is 0.719. The summed E-state index contributed by atoms with van der Waals surface area (Å²) >= 11 is 0. The Labute approximate surface area is 233 Å². The van der Waals surface area contributed by atoms with Gasteiger partial charge < -0.3 is 14.7 Å². The molecule has 5 aliphatic rings. The highest BCUT2D eigenvalue weighted by molar-refractivity contribution is 6.07. The summed E-state index contributed by atoms with van der Waals surface area (Å²) in [7, 11) is 0. The summed E-state index contributed by atoms with van der Waals surface area (Å²) in [5, 5.41) is 0. The van der Waals surface area contributed by atoms with Crippen molar-refractivity contribution in [3.63, 3.8) is 0 Å². The first-order valence-corrected chi connectivity index (χ1v) is 15.3. The number of piperidine rings is 1. The zero-order chi connectivity index (χ0) is 27.4. The summed E-state index contributed by atoms with van der Waals surface area (Å²) in [6, 6.07) is 10.6. The summed E-state index contributed by atoms with van der Waals surface area (Å²) in [4.78, 5) is 48.6. The number of amides is 4. The van der Waals surface area contributed by atoms with Crippen molar-refractivity contribution in [2.45, 2.75) is 77.2 Å². The van der Waals surface area contributed by atoms with Crippen LogP contribution in [0.15, 0.2) is 30.3 Å². The molecule has 1 aromatic carbocycles. The predicted octanol–water partition coefficient (Wildman–Crippen LogP) is 4.58. The first-order chi connectivity index (χ1) is 18.6. The van der Waals surface area contributed by atoms with E-state index in [1.54, 1.807) is 4.90 Å². The SMILES string of the molecule is CC(C)(C)CC(=O)N1CC(CN2CCC3(CC2)C(=O)N(CC2CC2)C(=O)N3CC2CC2)C(c2ccccc2)C1. The minimum atomic E-state index is -0.645. The Morgan fingerprint density at radius 2 is 1.54 bits per heavy atom. The van der Waals surface area contributed by atoms with E-state index in [4.69, 9.17) is 0 Å². The van der Waals surface area contributed by atoms with Crippen LogP contribution in [0, 0.1) is 23.2 Å². The molecule has 3 saturated heterocycles. The highest BCUT2D eigenvalue weighted by Gasteiger charge is 2.59. The zero-order valence-electron chi connectivity index (χ0n) is 24.1. The molecule has 7 heteroatoms. The number of hydrogen-bond acceptors (Lipinski definition) is 4. The largest absolute Gasteiger partial charge is 0.342 e. The minimum absolute atomic E-state index is 0.0242. The van der Waals surface area contributed by atoms with Crippen LogP contribution in [0.1, 0.15) is 77.2 Å². The van der Waals surface area contributed by atoms with Crippen LogP contribution in [-0.2, 0) is 9.59 Å². The lowest BCUT2D eigenvalue weighted by Gasteiger charge is -2.43. The molecule has 5 fully saturated rings. The minimum Gasteiger partial charge on any atom is -0.342 e. The Bertz CT molecular complexity index is 1080. The van der Waals surface area contributed by atoms with Gasteiger partial charge in [0.15, 0.2) is 0 Å². The highest BCUT2D eigenvalue weighted by Crippen LogP contribution is 2.43. The molecule has 3 heterocycles. The lowest BCUT2D eigenvalue weighted by Crippen LogP contribution is -2.57. The van der Waals surface area contributed by atoms with Crippen molar-refractivity contribution in [1.82, 2.24) is 19.6 Å². The van der Waals surface area contributed by atoms with Crippen LogP contribution in [0.4, 0.5) is 4.79 Å². The number of likely N-dealkylation sites (tertiary alicyclic amines) is 2. The molecule has 0 aromatic heterocycles. The number of hydrogen-bond donors (Lipinski definition) is 0. The molecular weight excluding hydrogens is 488 g/mol. The monoisotopic (exact) mass is 534 g/mol. The molecule has 39 heavy (non-hydrogen) atoms. The molecule has 2 atom stereocenters. The van der Waals surface area contributed by atoms with Gasteiger partial charge in [-0.3, -0.25) is 14.5 Å². The molecule has 6 rings (SSSR count). The van der Waals surface area contributed by atoms with Crippen molar-refractivity contribution >= 4 is 17.8 Å². The molecule has 1 spiro atoms. The quantitative estimate of drug-likeness (QED) is 0.458. The van der Waals surface area contributed by atoms with Gasteiger partial charge >= 0.3 is 6.03 Å². The first-order valence-electron chi connectivity index (χ1n) is 15.3. The molecular formula is C32H46N4O3. The number of imide groups is 1. The van der Waals surface area contributed by atoms with Gasteiger partial charge in [-0.1, -0.05) is 51.1 Å². The second-order valence-corrected chi connectivity index (χ2v) is 14.3. The van der Waals surface area contributed by atoms with Gasteiger partial charge in [0.05, 0.1) is 0 Å². The zero-order valence-corrected chi connectivity index (χ0v) is 24.1. The Kier molecular flexibility index (Phi) is 7.01. The molecule has 2 unspecified atom stereocenters. The van der Waals surface area contributed by atoms with Crippen molar-refractivity contribution in [2.24, 2.45) is 23.2 Å². The lowest BCUT2D eigenvalue weighted by atomic mass is 9.84. The summed E-state index contributed by atoms with van der Waals surface area (Å²) in [6.07, 6.45) is 6.64. The van der Waals surface area contributed by atoms with E-state index in [2.05, 4.69) is 60.9 Å². The van der Waals surface area contributed by atoms with E-state index in [1.165, 1.54) is 18.4 Å². The van der Waals surface area contributed by atoms with E-state index >= 15 is 0 Å². The molecule has 0 N–H and O–H groups in total. The topological polar surface area (TPSA) is 64.2 Å². The van der Waals surface area contributed by atoms with E-state index in [0.717, 1.165) is 65.0 Å². The second kappa shape index (κ2) is 10.2. The van der Waals surface area contributed by atoms with E-state index in [-0.39, 0.29) is 23.3 Å². The van der Waals surface area contributed by atoms with Gasteiger partial charge in [-0.2, -0.15) is 0 Å². The van der Waals surface area contributed by atoms with Gasteiger partial charge in [0.25, 0.3) is 5.91 Å². The number of urea groups is 1. The molecule has 0 radical (unpaired) electrons. The van der Waals surface area contributed by atoms with Crippen molar-refractivity contribution in [2.75, 3.05) is 45.8 Å². The second-order valence-electron chi connectivity index (χ2n) is 14.3. The van der Waals surface area contributed by atoms with Crippen molar-refractivity contribution in [3.8, 4) is 0 Å². The Morgan fingerprint density at radius 3 is 2.15 bits per heavy atom. The van der Waals surface area contributed by atoms with Gasteiger partial charge in [-0.15, -0.1) is 0 Å². The van der Waals surface area contributed by atoms with E-state index in [9.17, 15) is 14.4 Å². The highest BCUT2D eigenvalue weighted by atomic mass is 16.2. The third kappa shape index (κ3) is 5.61. The molecule has 212 valence electrons. The van der Waals surface area contributed by atoms with Crippen LogP contribution >= 0.6 is 0 Å². The standard InChI is InChI=1S/C32H46N4O3/c1-31(2,3)17-28(37)34-21-26(27(22-34)25-7-5-4-6-8-25)20-33-15-13-32(14-16-33)29(38)35(18-23-9-10-23)30(39)36(32)19-24-11-12-24/h4-8,23-24,26-27H,9-22H2,1-3H3. The van der Waals surface area contributed by atoms with Crippen molar-refractivity contribution in [3.05, 3.63) is 35.9 Å². The normalized spacial score (nSPS) is 27.7. The summed E-state index contributed by atoms with van der Waals surface area (Å²) in [5.41, 5.74) is 0.641. The third-order valence-corrected chi connectivity index (χ3v) is 9.78. The average Bonchev–Trinajstić information content (AvgIpc) is 3.83. The maximum Gasteiger partial charge on any atom is 0.327 e. The Morgan fingerprint density at radius 1 is 0.897 bits per heavy atom. The van der Waals surface area contributed by atoms with Crippen LogP contribution in [0.3, 0.4) is 0 Å². The van der Waals surface area contributed by atoms with Crippen molar-refractivity contribution < 1.29 is 14.4 Å². The van der Waals surface area contributed by atoms with Gasteiger partial charge in [0.1, 0.15) is 5.54 Å². The third-order valence-electron chi connectivity index (χ3n) is 9.78. The van der Waals surface area contributed by atoms with E-state index in [1.807, 2.05) is 4.90 Å². The molecule has 2 saturated carbocycles. The van der Waals surface area contributed by atoms with Crippen LogP contribution < -0.4 is 0 Å². The van der Waals surface area contributed by atoms with Gasteiger partial charge in [-0.25, -0.2) is 4.79 Å². The number of rotatable bonds is 8. The number of nitrogens with zero attached hydrogens (tertiary/aromatic N) is 4. The molecule has 4 amide bonds. The van der Waals surface area contributed by atoms with Crippen molar-refractivity contribution in [1.29, 1.82) is 0 Å². The van der Waals surface area contributed by atoms with Crippen LogP contribution in [0.25, 0.3) is 0 Å². The summed E-state index contributed by atoms with van der Waals surface area (Å²) in [6.45, 7) is 11.9. The lowest BCUT2D eigenvalue weighted by molar-refractivity contribution is -0.136. The summed E-state index contributed by atoms with van der Waals surface area (Å²) in [5.74, 6) is 2.09. The maximum absolute atomic E-state index is 13.8. The first kappa shape index (κ1) is 26.8. The maximum atomic E-state index is 13.8.